The third kappa shape index (κ3) is 1.13. The summed E-state index contributed by atoms with van der Waals surface area (Å²) in [5, 5.41) is 0. The molecule has 6 nitrogen and oxygen atoms in total. The molecule has 0 atom stereocenters. The van der Waals surface area contributed by atoms with Crippen LogP contribution in [0.25, 0.3) is 0 Å². The van der Waals surface area contributed by atoms with Gasteiger partial charge in [-0.05, 0) is 0 Å². The highest BCUT2D eigenvalue weighted by Crippen LogP contribution is 2.29. The molecule has 4 aliphatic rings. The standard InChI is InChI=1S/C6H12B3N3O3/c1-4-13-7-10(1)8-12(2-5-14-8)9-11(7)3-6-15-9/h1-6H2. The molecule has 4 rings (SSSR count). The Kier molecular flexibility index (Phi) is 1.94. The molecule has 0 unspecified atom stereocenters. The van der Waals surface area contributed by atoms with E-state index >= 15 is 0 Å². The first-order valence-electron chi connectivity index (χ1n) is 5.57. The molecule has 0 aromatic rings. The zero-order valence-corrected chi connectivity index (χ0v) is 8.54. The Balaban J connectivity index is 1.70. The van der Waals surface area contributed by atoms with Gasteiger partial charge in [0.1, 0.15) is 0 Å². The van der Waals surface area contributed by atoms with Crippen molar-refractivity contribution >= 4 is 21.6 Å². The number of rotatable bonds is 0. The van der Waals surface area contributed by atoms with Gasteiger partial charge in [0.15, 0.2) is 0 Å². The minimum atomic E-state index is 0.0665. The molecule has 0 N–H and O–H groups in total. The second-order valence-electron chi connectivity index (χ2n) is 4.30. The summed E-state index contributed by atoms with van der Waals surface area (Å²) in [6, 6.07) is 0. The summed E-state index contributed by atoms with van der Waals surface area (Å²) in [5.74, 6) is 0. The van der Waals surface area contributed by atoms with Crippen molar-refractivity contribution in [2.75, 3.05) is 39.5 Å². The lowest BCUT2D eigenvalue weighted by molar-refractivity contribution is 0.317. The van der Waals surface area contributed by atoms with Crippen molar-refractivity contribution in [1.82, 2.24) is 14.2 Å². The van der Waals surface area contributed by atoms with E-state index in [9.17, 15) is 0 Å². The highest BCUT2D eigenvalue weighted by Gasteiger charge is 2.62. The fraction of sp³-hybridized carbons (Fsp3) is 1.00. The number of nitrogens with zero attached hydrogens (tertiary/aromatic N) is 3. The van der Waals surface area contributed by atoms with Crippen LogP contribution < -0.4 is 0 Å². The van der Waals surface area contributed by atoms with Crippen LogP contribution in [0.1, 0.15) is 0 Å². The molecule has 0 aliphatic carbocycles. The SMILES string of the molecule is C1CN2B(O1)N1CCOB1N1CCOB21. The van der Waals surface area contributed by atoms with Crippen molar-refractivity contribution in [3.8, 4) is 0 Å². The Bertz CT molecular complexity index is 207. The maximum absolute atomic E-state index is 5.74. The van der Waals surface area contributed by atoms with E-state index in [2.05, 4.69) is 14.2 Å². The minimum Gasteiger partial charge on any atom is -0.408 e. The number of hydrogen-bond donors (Lipinski definition) is 0. The molecule has 0 aromatic carbocycles. The van der Waals surface area contributed by atoms with Crippen molar-refractivity contribution in [3.63, 3.8) is 0 Å². The van der Waals surface area contributed by atoms with Crippen molar-refractivity contribution in [1.29, 1.82) is 0 Å². The minimum absolute atomic E-state index is 0.0665. The summed E-state index contributed by atoms with van der Waals surface area (Å²) < 4.78 is 24.1. The van der Waals surface area contributed by atoms with E-state index < -0.39 is 0 Å². The third-order valence-corrected chi connectivity index (χ3v) is 3.55. The van der Waals surface area contributed by atoms with Crippen LogP contribution in [-0.2, 0) is 14.0 Å². The molecule has 4 heterocycles. The molecule has 0 aromatic heterocycles. The molecule has 4 fully saturated rings. The van der Waals surface area contributed by atoms with Crippen LogP contribution in [0.3, 0.4) is 0 Å². The van der Waals surface area contributed by atoms with Crippen LogP contribution in [0.5, 0.6) is 0 Å². The van der Waals surface area contributed by atoms with Gasteiger partial charge < -0.3 is 28.1 Å². The maximum Gasteiger partial charge on any atom is 0.462 e. The lowest BCUT2D eigenvalue weighted by atomic mass is 9.64. The number of fused-ring (bicyclic) bond motifs is 6. The molecular formula is C6H12B3N3O3. The molecule has 78 valence electrons. The highest BCUT2D eigenvalue weighted by molar-refractivity contribution is 6.80. The molecule has 9 heteroatoms. The van der Waals surface area contributed by atoms with E-state index in [1.807, 2.05) is 0 Å². The van der Waals surface area contributed by atoms with E-state index in [1.165, 1.54) is 0 Å². The van der Waals surface area contributed by atoms with Gasteiger partial charge in [0.2, 0.25) is 0 Å². The van der Waals surface area contributed by atoms with Crippen LogP contribution in [0, 0.1) is 0 Å². The molecular weight excluding hydrogens is 195 g/mol. The van der Waals surface area contributed by atoms with Crippen molar-refractivity contribution < 1.29 is 14.0 Å². The van der Waals surface area contributed by atoms with Gasteiger partial charge in [0.05, 0.1) is 0 Å². The zero-order valence-electron chi connectivity index (χ0n) is 8.54. The second-order valence-corrected chi connectivity index (χ2v) is 4.30. The second kappa shape index (κ2) is 3.22. The fourth-order valence-corrected chi connectivity index (χ4v) is 2.93. The number of hydrogen-bond acceptors (Lipinski definition) is 6. The smallest absolute Gasteiger partial charge is 0.408 e. The lowest BCUT2D eigenvalue weighted by Gasteiger charge is -2.40. The summed E-state index contributed by atoms with van der Waals surface area (Å²) in [6.07, 6.45) is 0. The molecule has 0 bridgehead atoms. The molecule has 0 spiro atoms. The first-order chi connectivity index (χ1) is 7.45. The van der Waals surface area contributed by atoms with Crippen molar-refractivity contribution in [3.05, 3.63) is 0 Å². The topological polar surface area (TPSA) is 37.4 Å². The third-order valence-electron chi connectivity index (χ3n) is 3.55. The van der Waals surface area contributed by atoms with Crippen molar-refractivity contribution in [2.45, 2.75) is 0 Å². The van der Waals surface area contributed by atoms with Crippen LogP contribution in [0.15, 0.2) is 0 Å². The predicted octanol–water partition coefficient (Wildman–Crippen LogP) is -2.05. The molecule has 4 aliphatic heterocycles. The van der Waals surface area contributed by atoms with E-state index in [-0.39, 0.29) is 21.6 Å². The van der Waals surface area contributed by atoms with Gasteiger partial charge in [-0.3, -0.25) is 0 Å². The Morgan fingerprint density at radius 2 is 0.933 bits per heavy atom. The van der Waals surface area contributed by atoms with Gasteiger partial charge in [-0.25, -0.2) is 0 Å². The average Bonchev–Trinajstić information content (AvgIpc) is 2.97. The summed E-state index contributed by atoms with van der Waals surface area (Å²) in [7, 11) is 0.200. The van der Waals surface area contributed by atoms with Crippen molar-refractivity contribution in [2.24, 2.45) is 0 Å². The van der Waals surface area contributed by atoms with Gasteiger partial charge in [-0.2, -0.15) is 0 Å². The molecule has 4 saturated heterocycles. The fourth-order valence-electron chi connectivity index (χ4n) is 2.93. The van der Waals surface area contributed by atoms with Gasteiger partial charge in [-0.1, -0.05) is 0 Å². The van der Waals surface area contributed by atoms with Gasteiger partial charge in [0, 0.05) is 39.5 Å². The van der Waals surface area contributed by atoms with Gasteiger partial charge >= 0.3 is 21.6 Å². The average molecular weight is 207 g/mol. The highest BCUT2D eigenvalue weighted by atomic mass is 16.5. The molecule has 0 saturated carbocycles. The zero-order chi connectivity index (χ0) is 9.83. The largest absolute Gasteiger partial charge is 0.462 e. The summed E-state index contributed by atoms with van der Waals surface area (Å²) in [4.78, 5) is 0. The van der Waals surface area contributed by atoms with E-state index in [4.69, 9.17) is 14.0 Å². The van der Waals surface area contributed by atoms with Crippen LogP contribution in [0.2, 0.25) is 0 Å². The summed E-state index contributed by atoms with van der Waals surface area (Å²) in [6.45, 7) is 5.24. The predicted molar refractivity (Wildman–Crippen MR) is 55.2 cm³/mol. The molecule has 0 amide bonds. The van der Waals surface area contributed by atoms with Crippen LogP contribution in [-0.4, -0.2) is 75.2 Å². The molecule has 15 heavy (non-hydrogen) atoms. The van der Waals surface area contributed by atoms with Crippen LogP contribution >= 0.6 is 0 Å². The van der Waals surface area contributed by atoms with E-state index in [1.54, 1.807) is 0 Å². The van der Waals surface area contributed by atoms with Gasteiger partial charge in [0.25, 0.3) is 0 Å². The Hall–Kier alpha value is -0.0452. The maximum atomic E-state index is 5.74. The van der Waals surface area contributed by atoms with Gasteiger partial charge in [-0.15, -0.1) is 0 Å². The Morgan fingerprint density at radius 3 is 1.27 bits per heavy atom. The Morgan fingerprint density at radius 1 is 0.600 bits per heavy atom. The van der Waals surface area contributed by atoms with E-state index in [0.29, 0.717) is 0 Å². The monoisotopic (exact) mass is 207 g/mol. The normalized spacial score (nSPS) is 32.4. The first kappa shape index (κ1) is 9.03. The Labute approximate surface area is 89.9 Å². The van der Waals surface area contributed by atoms with E-state index in [0.717, 1.165) is 39.5 Å². The van der Waals surface area contributed by atoms with Crippen LogP contribution in [0.4, 0.5) is 0 Å². The first-order valence-corrected chi connectivity index (χ1v) is 5.57. The lowest BCUT2D eigenvalue weighted by Crippen LogP contribution is -2.73. The summed E-state index contributed by atoms with van der Waals surface area (Å²) >= 11 is 0. The molecule has 0 radical (unpaired) electrons. The quantitative estimate of drug-likeness (QED) is 0.425. The summed E-state index contributed by atoms with van der Waals surface area (Å²) in [5.41, 5.74) is 0.